The predicted molar refractivity (Wildman–Crippen MR) is 130 cm³/mol. The van der Waals surface area contributed by atoms with Gasteiger partial charge in [0.15, 0.2) is 11.6 Å². The van der Waals surface area contributed by atoms with Crippen molar-refractivity contribution >= 4 is 28.3 Å². The summed E-state index contributed by atoms with van der Waals surface area (Å²) in [6.45, 7) is 3.40. The number of nitrogens with one attached hydrogen (secondary N) is 2. The lowest BCUT2D eigenvalue weighted by atomic mass is 10.1. The maximum absolute atomic E-state index is 12.6. The molecule has 1 saturated heterocycles. The van der Waals surface area contributed by atoms with Gasteiger partial charge in [-0.25, -0.2) is 9.67 Å². The first-order chi connectivity index (χ1) is 16.9. The zero-order valence-electron chi connectivity index (χ0n) is 19.3. The van der Waals surface area contributed by atoms with Gasteiger partial charge < -0.3 is 20.5 Å². The molecule has 0 unspecified atom stereocenters. The second-order valence-corrected chi connectivity index (χ2v) is 9.48. The van der Waals surface area contributed by atoms with Crippen molar-refractivity contribution in [3.8, 4) is 5.82 Å². The van der Waals surface area contributed by atoms with E-state index in [-0.39, 0.29) is 11.7 Å². The summed E-state index contributed by atoms with van der Waals surface area (Å²) in [5, 5.41) is 28.4. The average Bonchev–Trinajstić information content (AvgIpc) is 3.41. The number of fused-ring (bicyclic) bond motifs is 1. The van der Waals surface area contributed by atoms with Crippen LogP contribution in [0.2, 0.25) is 0 Å². The molecule has 4 N–H and O–H groups in total. The highest BCUT2D eigenvalue weighted by Gasteiger charge is 2.32. The summed E-state index contributed by atoms with van der Waals surface area (Å²) in [5.74, 6) is 1.40. The summed E-state index contributed by atoms with van der Waals surface area (Å²) in [4.78, 5) is 26.8. The Labute approximate surface area is 201 Å². The Bertz CT molecular complexity index is 1400. The van der Waals surface area contributed by atoms with E-state index >= 15 is 0 Å². The summed E-state index contributed by atoms with van der Waals surface area (Å²) < 4.78 is 1.71. The van der Waals surface area contributed by atoms with Crippen LogP contribution < -0.4 is 5.32 Å². The van der Waals surface area contributed by atoms with Crippen LogP contribution in [0.1, 0.15) is 34.5 Å². The molecule has 1 saturated carbocycles. The van der Waals surface area contributed by atoms with Gasteiger partial charge in [0.25, 0.3) is 0 Å². The van der Waals surface area contributed by atoms with E-state index in [1.165, 1.54) is 0 Å². The number of aliphatic hydroxyl groups is 2. The molecule has 1 aromatic carbocycles. The quantitative estimate of drug-likeness (QED) is 0.301. The molecule has 2 aliphatic rings. The molecule has 10 nitrogen and oxygen atoms in total. The highest BCUT2D eigenvalue weighted by molar-refractivity contribution is 6.10. The second kappa shape index (κ2) is 8.56. The highest BCUT2D eigenvalue weighted by Crippen LogP contribution is 2.35. The van der Waals surface area contributed by atoms with Gasteiger partial charge in [-0.15, -0.1) is 0 Å². The lowest BCUT2D eigenvalue weighted by Gasteiger charge is -2.13. The molecule has 4 heterocycles. The van der Waals surface area contributed by atoms with Crippen LogP contribution in [0.25, 0.3) is 16.7 Å². The summed E-state index contributed by atoms with van der Waals surface area (Å²) >= 11 is 0. The number of nitrogens with zero attached hydrogens (tertiary/aromatic N) is 5. The normalized spacial score (nSPS) is 20.5. The number of β-amino-alcohol motifs (C(OH)–C–C–N with tert-alkyl or cyclic N) is 2. The number of hydrogen-bond acceptors (Lipinski definition) is 8. The summed E-state index contributed by atoms with van der Waals surface area (Å²) in [6.07, 6.45) is 5.91. The first-order valence-electron chi connectivity index (χ1n) is 11.8. The Morgan fingerprint density at radius 2 is 2.00 bits per heavy atom. The van der Waals surface area contributed by atoms with Crippen LogP contribution in [0.5, 0.6) is 0 Å². The van der Waals surface area contributed by atoms with Gasteiger partial charge in [0, 0.05) is 77.9 Å². The summed E-state index contributed by atoms with van der Waals surface area (Å²) in [7, 11) is 0. The van der Waals surface area contributed by atoms with Crippen molar-refractivity contribution in [3.63, 3.8) is 0 Å². The SMILES string of the molecule is Cc1nn(-c2ccnc(Nc3ccc4[nH]cc(C(=O)C5CC5)c4c3)n2)cc1CN1C[C@H](O)[C@@H](O)C1. The number of benzene rings is 1. The Morgan fingerprint density at radius 1 is 1.20 bits per heavy atom. The molecule has 1 aliphatic carbocycles. The number of anilines is 2. The molecule has 35 heavy (non-hydrogen) atoms. The predicted octanol–water partition coefficient (Wildman–Crippen LogP) is 2.33. The first kappa shape index (κ1) is 21.9. The van der Waals surface area contributed by atoms with E-state index in [1.54, 1.807) is 23.1 Å². The van der Waals surface area contributed by atoms with Crippen molar-refractivity contribution in [3.05, 3.63) is 59.7 Å². The fourth-order valence-corrected chi connectivity index (χ4v) is 4.62. The smallest absolute Gasteiger partial charge is 0.229 e. The number of hydrogen-bond donors (Lipinski definition) is 4. The van der Waals surface area contributed by atoms with Crippen LogP contribution in [0, 0.1) is 12.8 Å². The minimum atomic E-state index is -0.714. The van der Waals surface area contributed by atoms with Crippen LogP contribution in [0.4, 0.5) is 11.6 Å². The first-order valence-corrected chi connectivity index (χ1v) is 11.8. The van der Waals surface area contributed by atoms with Crippen molar-refractivity contribution in [1.29, 1.82) is 0 Å². The minimum absolute atomic E-state index is 0.161. The molecule has 10 heteroatoms. The Balaban J connectivity index is 1.21. The number of likely N-dealkylation sites (tertiary alicyclic amines) is 1. The van der Waals surface area contributed by atoms with E-state index in [1.807, 2.05) is 36.2 Å². The molecule has 0 amide bonds. The van der Waals surface area contributed by atoms with Gasteiger partial charge in [0.05, 0.1) is 17.9 Å². The Kier molecular flexibility index (Phi) is 5.36. The third-order valence-corrected chi connectivity index (χ3v) is 6.76. The van der Waals surface area contributed by atoms with Gasteiger partial charge in [0.1, 0.15) is 0 Å². The van der Waals surface area contributed by atoms with Crippen LogP contribution >= 0.6 is 0 Å². The zero-order valence-corrected chi connectivity index (χ0v) is 19.3. The van der Waals surface area contributed by atoms with Gasteiger partial charge >= 0.3 is 0 Å². The van der Waals surface area contributed by atoms with E-state index in [0.29, 0.717) is 31.4 Å². The van der Waals surface area contributed by atoms with E-state index in [2.05, 4.69) is 25.4 Å². The van der Waals surface area contributed by atoms with E-state index in [0.717, 1.165) is 46.3 Å². The Morgan fingerprint density at radius 3 is 2.77 bits per heavy atom. The Hall–Kier alpha value is -3.60. The number of H-pyrrole nitrogens is 1. The lowest BCUT2D eigenvalue weighted by Crippen LogP contribution is -2.22. The van der Waals surface area contributed by atoms with Crippen LogP contribution in [-0.2, 0) is 6.54 Å². The van der Waals surface area contributed by atoms with E-state index < -0.39 is 12.2 Å². The third-order valence-electron chi connectivity index (χ3n) is 6.76. The number of aryl methyl sites for hydroxylation is 1. The number of carbonyl (C=O) groups is 1. The van der Waals surface area contributed by atoms with E-state index in [4.69, 9.17) is 0 Å². The molecule has 0 spiro atoms. The number of Topliss-reactive ketones (excluding diaryl/α,β-unsaturated/α-hetero) is 1. The molecule has 2 fully saturated rings. The summed E-state index contributed by atoms with van der Waals surface area (Å²) in [6, 6.07) is 7.61. The molecule has 0 bridgehead atoms. The van der Waals surface area contributed by atoms with Crippen molar-refractivity contribution < 1.29 is 15.0 Å². The molecular weight excluding hydrogens is 446 g/mol. The van der Waals surface area contributed by atoms with Gasteiger partial charge in [-0.2, -0.15) is 10.1 Å². The molecule has 4 aromatic rings. The van der Waals surface area contributed by atoms with Gasteiger partial charge in [-0.05, 0) is 38.0 Å². The van der Waals surface area contributed by atoms with Gasteiger partial charge in [-0.1, -0.05) is 0 Å². The molecule has 1 aliphatic heterocycles. The number of rotatable bonds is 7. The fraction of sp³-hybridized carbons (Fsp3) is 0.360. The van der Waals surface area contributed by atoms with Crippen LogP contribution in [-0.4, -0.2) is 70.9 Å². The maximum Gasteiger partial charge on any atom is 0.229 e. The lowest BCUT2D eigenvalue weighted by molar-refractivity contribution is 0.0572. The zero-order chi connectivity index (χ0) is 24.1. The number of carbonyl (C=O) groups excluding carboxylic acids is 1. The maximum atomic E-state index is 12.6. The molecule has 180 valence electrons. The van der Waals surface area contributed by atoms with Crippen molar-refractivity contribution in [1.82, 2.24) is 29.6 Å². The monoisotopic (exact) mass is 473 g/mol. The fourth-order valence-electron chi connectivity index (χ4n) is 4.62. The summed E-state index contributed by atoms with van der Waals surface area (Å²) in [5.41, 5.74) is 4.32. The number of aromatic amines is 1. The molecule has 0 radical (unpaired) electrons. The van der Waals surface area contributed by atoms with Crippen molar-refractivity contribution in [2.24, 2.45) is 5.92 Å². The second-order valence-electron chi connectivity index (χ2n) is 9.48. The highest BCUT2D eigenvalue weighted by atomic mass is 16.3. The van der Waals surface area contributed by atoms with Crippen molar-refractivity contribution in [2.75, 3.05) is 18.4 Å². The standard InChI is InChI=1S/C25H27N7O3/c1-14-16(10-31-12-21(33)22(34)13-31)11-32(30-14)23-6-7-26-25(29-23)28-17-4-5-20-18(8-17)19(9-27-20)24(35)15-2-3-15/h4-9,11,15,21-22,27,33-34H,2-3,10,12-13H2,1H3,(H,26,28,29)/t21-,22-/m0/s1. The van der Waals surface area contributed by atoms with Crippen LogP contribution in [0.15, 0.2) is 42.9 Å². The number of aromatic nitrogens is 5. The van der Waals surface area contributed by atoms with Crippen LogP contribution in [0.3, 0.4) is 0 Å². The topological polar surface area (TPSA) is 132 Å². The average molecular weight is 474 g/mol. The molecular formula is C25H27N7O3. The number of aliphatic hydroxyl groups excluding tert-OH is 2. The third kappa shape index (κ3) is 4.31. The van der Waals surface area contributed by atoms with Crippen molar-refractivity contribution in [2.45, 2.75) is 38.5 Å². The molecule has 6 rings (SSSR count). The van der Waals surface area contributed by atoms with Gasteiger partial charge in [-0.3, -0.25) is 9.69 Å². The molecule has 2 atom stereocenters. The van der Waals surface area contributed by atoms with E-state index in [9.17, 15) is 15.0 Å². The van der Waals surface area contributed by atoms with Gasteiger partial charge in [0.2, 0.25) is 5.95 Å². The number of ketones is 1. The molecule has 3 aromatic heterocycles. The largest absolute Gasteiger partial charge is 0.389 e. The minimum Gasteiger partial charge on any atom is -0.389 e.